The largest absolute Gasteiger partial charge is 0.573 e. The molecular weight excluding hydrogens is 411 g/mol. The Balaban J connectivity index is 2.00. The van der Waals surface area contributed by atoms with Crippen LogP contribution in [0.5, 0.6) is 5.75 Å². The Kier molecular flexibility index (Phi) is 5.18. The molecule has 7 nitrogen and oxygen atoms in total. The monoisotopic (exact) mass is 427 g/mol. The molecule has 11 heteroatoms. The molecule has 0 aliphatic carbocycles. The van der Waals surface area contributed by atoms with E-state index in [0.717, 1.165) is 24.3 Å². The fourth-order valence-corrected chi connectivity index (χ4v) is 3.87. The molecule has 0 unspecified atom stereocenters. The molecule has 3 rings (SSSR count). The summed E-state index contributed by atoms with van der Waals surface area (Å²) in [5.74, 6) is -0.688. The van der Waals surface area contributed by atoms with E-state index < -0.39 is 32.6 Å². The van der Waals surface area contributed by atoms with Gasteiger partial charge in [0, 0.05) is 13.1 Å². The highest BCUT2D eigenvalue weighted by Gasteiger charge is 2.31. The molecule has 0 saturated heterocycles. The van der Waals surface area contributed by atoms with Gasteiger partial charge in [-0.1, -0.05) is 24.3 Å². The summed E-state index contributed by atoms with van der Waals surface area (Å²) in [6.45, 7) is 1.54. The number of sulfonamides is 1. The first-order valence-corrected chi connectivity index (χ1v) is 9.70. The lowest BCUT2D eigenvalue weighted by Crippen LogP contribution is -2.23. The van der Waals surface area contributed by atoms with Crippen molar-refractivity contribution >= 4 is 15.7 Å². The zero-order valence-corrected chi connectivity index (χ0v) is 16.1. The first kappa shape index (κ1) is 20.5. The first-order valence-electron chi connectivity index (χ1n) is 8.22. The molecule has 0 spiro atoms. The minimum Gasteiger partial charge on any atom is -0.406 e. The Bertz CT molecular complexity index is 1200. The van der Waals surface area contributed by atoms with E-state index in [-0.39, 0.29) is 5.69 Å². The van der Waals surface area contributed by atoms with E-state index in [1.165, 1.54) is 9.36 Å². The van der Waals surface area contributed by atoms with E-state index in [1.54, 1.807) is 44.3 Å². The van der Waals surface area contributed by atoms with E-state index in [2.05, 4.69) is 9.46 Å². The number of halogens is 3. The maximum absolute atomic E-state index is 12.8. The Morgan fingerprint density at radius 2 is 1.69 bits per heavy atom. The van der Waals surface area contributed by atoms with Crippen molar-refractivity contribution < 1.29 is 26.3 Å². The van der Waals surface area contributed by atoms with Crippen LogP contribution < -0.4 is 15.0 Å². The van der Waals surface area contributed by atoms with Crippen LogP contribution in [0.2, 0.25) is 0 Å². The number of nitrogens with one attached hydrogen (secondary N) is 1. The van der Waals surface area contributed by atoms with Gasteiger partial charge in [0.2, 0.25) is 0 Å². The normalized spacial score (nSPS) is 12.0. The minimum absolute atomic E-state index is 0.210. The minimum atomic E-state index is -4.96. The van der Waals surface area contributed by atoms with Gasteiger partial charge >= 0.3 is 6.36 Å². The zero-order valence-electron chi connectivity index (χ0n) is 15.3. The predicted molar refractivity (Wildman–Crippen MR) is 99.7 cm³/mol. The molecule has 0 radical (unpaired) electrons. The van der Waals surface area contributed by atoms with Crippen molar-refractivity contribution in [3.63, 3.8) is 0 Å². The van der Waals surface area contributed by atoms with Crippen molar-refractivity contribution in [2.24, 2.45) is 7.05 Å². The van der Waals surface area contributed by atoms with Crippen LogP contribution in [-0.2, 0) is 17.1 Å². The lowest BCUT2D eigenvalue weighted by molar-refractivity contribution is -0.274. The molecular formula is C18H16F3N3O4S. The summed E-state index contributed by atoms with van der Waals surface area (Å²) < 4.78 is 71.2. The SMILES string of the molecule is Cc1c(NS(=O)(=O)c2cccc(OC(F)(F)F)c2)c(=O)n(-c2ccccc2)n1C. The van der Waals surface area contributed by atoms with Gasteiger partial charge in [0.15, 0.2) is 0 Å². The number of anilines is 1. The topological polar surface area (TPSA) is 82.3 Å². The third-order valence-corrected chi connectivity index (χ3v) is 5.49. The molecule has 0 amide bonds. The highest BCUT2D eigenvalue weighted by Crippen LogP contribution is 2.26. The van der Waals surface area contributed by atoms with Crippen molar-refractivity contribution in [2.45, 2.75) is 18.2 Å². The molecule has 0 saturated carbocycles. The van der Waals surface area contributed by atoms with Crippen molar-refractivity contribution in [1.29, 1.82) is 0 Å². The summed E-state index contributed by atoms with van der Waals surface area (Å²) in [4.78, 5) is 12.3. The molecule has 0 atom stereocenters. The van der Waals surface area contributed by atoms with Crippen LogP contribution in [0.3, 0.4) is 0 Å². The van der Waals surface area contributed by atoms with Crippen LogP contribution in [0.1, 0.15) is 5.69 Å². The Morgan fingerprint density at radius 3 is 2.31 bits per heavy atom. The third kappa shape index (κ3) is 4.29. The quantitative estimate of drug-likeness (QED) is 0.678. The Labute approximate surface area is 164 Å². The number of aromatic nitrogens is 2. The molecule has 1 aromatic heterocycles. The van der Waals surface area contributed by atoms with Gasteiger partial charge in [0.1, 0.15) is 11.4 Å². The standard InChI is InChI=1S/C18H16F3N3O4S/c1-12-16(17(25)24(23(12)2)13-7-4-3-5-8-13)22-29(26,27)15-10-6-9-14(11-15)28-18(19,20)21/h3-11,22H,1-2H3. The second-order valence-corrected chi connectivity index (χ2v) is 7.75. The van der Waals surface area contributed by atoms with Crippen molar-refractivity contribution in [2.75, 3.05) is 4.72 Å². The van der Waals surface area contributed by atoms with Crippen molar-refractivity contribution in [3.05, 3.63) is 70.6 Å². The molecule has 29 heavy (non-hydrogen) atoms. The van der Waals surface area contributed by atoms with Crippen LogP contribution in [-0.4, -0.2) is 24.1 Å². The highest BCUT2D eigenvalue weighted by molar-refractivity contribution is 7.92. The molecule has 0 aliphatic heterocycles. The summed E-state index contributed by atoms with van der Waals surface area (Å²) in [6, 6.07) is 12.5. The van der Waals surface area contributed by atoms with Gasteiger partial charge in [-0.05, 0) is 31.2 Å². The second-order valence-electron chi connectivity index (χ2n) is 6.06. The van der Waals surface area contributed by atoms with Gasteiger partial charge in [-0.3, -0.25) is 14.2 Å². The summed E-state index contributed by atoms with van der Waals surface area (Å²) >= 11 is 0. The van der Waals surface area contributed by atoms with E-state index in [4.69, 9.17) is 0 Å². The van der Waals surface area contributed by atoms with E-state index in [0.29, 0.717) is 11.4 Å². The van der Waals surface area contributed by atoms with Gasteiger partial charge in [0.05, 0.1) is 16.3 Å². The smallest absolute Gasteiger partial charge is 0.406 e. The van der Waals surface area contributed by atoms with E-state index in [1.807, 2.05) is 0 Å². The molecule has 1 heterocycles. The fraction of sp³-hybridized carbons (Fsp3) is 0.167. The number of hydrogen-bond acceptors (Lipinski definition) is 4. The number of hydrogen-bond donors (Lipinski definition) is 1. The highest BCUT2D eigenvalue weighted by atomic mass is 32.2. The maximum atomic E-state index is 12.8. The molecule has 0 fully saturated rings. The average molecular weight is 427 g/mol. The fourth-order valence-electron chi connectivity index (χ4n) is 2.72. The Morgan fingerprint density at radius 1 is 1.03 bits per heavy atom. The van der Waals surface area contributed by atoms with Crippen LogP contribution in [0.25, 0.3) is 5.69 Å². The lowest BCUT2D eigenvalue weighted by atomic mass is 10.3. The predicted octanol–water partition coefficient (Wildman–Crippen LogP) is 3.18. The van der Waals surface area contributed by atoms with E-state index in [9.17, 15) is 26.4 Å². The van der Waals surface area contributed by atoms with Gasteiger partial charge < -0.3 is 4.74 Å². The number of ether oxygens (including phenoxy) is 1. The third-order valence-electron chi connectivity index (χ3n) is 4.14. The van der Waals surface area contributed by atoms with Gasteiger partial charge in [-0.15, -0.1) is 13.2 Å². The van der Waals surface area contributed by atoms with Gasteiger partial charge in [0.25, 0.3) is 15.6 Å². The molecule has 2 aromatic carbocycles. The average Bonchev–Trinajstić information content (AvgIpc) is 2.84. The van der Waals surface area contributed by atoms with Crippen molar-refractivity contribution in [3.8, 4) is 11.4 Å². The molecule has 154 valence electrons. The molecule has 1 N–H and O–H groups in total. The molecule has 3 aromatic rings. The number of nitrogens with zero attached hydrogens (tertiary/aromatic N) is 2. The summed E-state index contributed by atoms with van der Waals surface area (Å²) in [5, 5.41) is 0. The molecule has 0 aliphatic rings. The summed E-state index contributed by atoms with van der Waals surface area (Å²) in [5.41, 5.74) is 0.0141. The first-order chi connectivity index (χ1) is 13.5. The van der Waals surface area contributed by atoms with Crippen LogP contribution >= 0.6 is 0 Å². The number of alkyl halides is 3. The summed E-state index contributed by atoms with van der Waals surface area (Å²) in [7, 11) is -2.76. The molecule has 0 bridgehead atoms. The van der Waals surface area contributed by atoms with Gasteiger partial charge in [-0.25, -0.2) is 13.1 Å². The van der Waals surface area contributed by atoms with E-state index >= 15 is 0 Å². The van der Waals surface area contributed by atoms with Crippen LogP contribution in [0, 0.1) is 6.92 Å². The van der Waals surface area contributed by atoms with Crippen LogP contribution in [0.15, 0.2) is 64.3 Å². The number of para-hydroxylation sites is 1. The van der Waals surface area contributed by atoms with Gasteiger partial charge in [-0.2, -0.15) is 0 Å². The van der Waals surface area contributed by atoms with Crippen molar-refractivity contribution in [1.82, 2.24) is 9.36 Å². The number of benzene rings is 2. The Hall–Kier alpha value is -3.21. The summed E-state index contributed by atoms with van der Waals surface area (Å²) in [6.07, 6.45) is -4.96. The maximum Gasteiger partial charge on any atom is 0.573 e. The zero-order chi connectivity index (χ0) is 21.4. The second kappa shape index (κ2) is 7.32. The van der Waals surface area contributed by atoms with Crippen LogP contribution in [0.4, 0.5) is 18.9 Å². The lowest BCUT2D eigenvalue weighted by Gasteiger charge is -2.11. The number of rotatable bonds is 5.